The van der Waals surface area contributed by atoms with Gasteiger partial charge in [-0.25, -0.2) is 0 Å². The lowest BCUT2D eigenvalue weighted by atomic mass is 10.1. The van der Waals surface area contributed by atoms with E-state index in [1.165, 1.54) is 5.56 Å². The van der Waals surface area contributed by atoms with Crippen molar-refractivity contribution in [1.82, 2.24) is 0 Å². The fourth-order valence-corrected chi connectivity index (χ4v) is 2.27. The molecule has 1 amide bonds. The van der Waals surface area contributed by atoms with Crippen LogP contribution in [0.25, 0.3) is 0 Å². The third-order valence-electron chi connectivity index (χ3n) is 3.47. The highest BCUT2D eigenvalue weighted by molar-refractivity contribution is 6.06. The average molecular weight is 286 g/mol. The van der Waals surface area contributed by atoms with Gasteiger partial charge in [0.1, 0.15) is 5.76 Å². The van der Waals surface area contributed by atoms with E-state index in [0.717, 1.165) is 17.9 Å². The standard InChI is InChI=1S/C17H22N2O2/c1-3-16-15(9-12-21-16)17(20)19(11-4-10-18)14-7-5-13(2)6-8-14/h5-9,12H,3-4,10-11,18H2,1-2H3. The first-order chi connectivity index (χ1) is 10.2. The van der Waals surface area contributed by atoms with Gasteiger partial charge in [-0.05, 0) is 38.1 Å². The molecule has 0 aliphatic carbocycles. The van der Waals surface area contributed by atoms with Crippen molar-refractivity contribution in [2.45, 2.75) is 26.7 Å². The molecule has 0 saturated carbocycles. The van der Waals surface area contributed by atoms with Crippen LogP contribution < -0.4 is 10.6 Å². The Bertz CT molecular complexity index is 587. The van der Waals surface area contributed by atoms with Gasteiger partial charge in [-0.3, -0.25) is 4.79 Å². The van der Waals surface area contributed by atoms with Crippen LogP contribution in [0.1, 0.15) is 35.0 Å². The number of nitrogens with zero attached hydrogens (tertiary/aromatic N) is 1. The average Bonchev–Trinajstić information content (AvgIpc) is 2.97. The fourth-order valence-electron chi connectivity index (χ4n) is 2.27. The summed E-state index contributed by atoms with van der Waals surface area (Å²) in [6.45, 7) is 5.17. The first-order valence-electron chi connectivity index (χ1n) is 7.32. The summed E-state index contributed by atoms with van der Waals surface area (Å²) in [6.07, 6.45) is 3.04. The van der Waals surface area contributed by atoms with Gasteiger partial charge in [0.25, 0.3) is 5.91 Å². The minimum absolute atomic E-state index is 0.0297. The van der Waals surface area contributed by atoms with Crippen molar-refractivity contribution < 1.29 is 9.21 Å². The minimum atomic E-state index is -0.0297. The molecule has 1 aromatic heterocycles. The lowest BCUT2D eigenvalue weighted by Crippen LogP contribution is -2.33. The second-order valence-electron chi connectivity index (χ2n) is 5.05. The number of benzene rings is 1. The van der Waals surface area contributed by atoms with Crippen LogP contribution in [0.2, 0.25) is 0 Å². The molecule has 0 saturated heterocycles. The van der Waals surface area contributed by atoms with Gasteiger partial charge in [0.15, 0.2) is 0 Å². The summed E-state index contributed by atoms with van der Waals surface area (Å²) in [5.74, 6) is 0.697. The molecule has 0 aliphatic heterocycles. The number of rotatable bonds is 6. The highest BCUT2D eigenvalue weighted by atomic mass is 16.3. The molecule has 0 spiro atoms. The smallest absolute Gasteiger partial charge is 0.261 e. The van der Waals surface area contributed by atoms with Crippen molar-refractivity contribution in [1.29, 1.82) is 0 Å². The second kappa shape index (κ2) is 7.09. The van der Waals surface area contributed by atoms with Gasteiger partial charge in [-0.2, -0.15) is 0 Å². The predicted molar refractivity (Wildman–Crippen MR) is 84.6 cm³/mol. The number of furan rings is 1. The Morgan fingerprint density at radius 1 is 1.24 bits per heavy atom. The number of carbonyl (C=O) groups is 1. The molecular formula is C17H22N2O2. The normalized spacial score (nSPS) is 10.6. The SMILES string of the molecule is CCc1occc1C(=O)N(CCCN)c1ccc(C)cc1. The Labute approximate surface area is 125 Å². The summed E-state index contributed by atoms with van der Waals surface area (Å²) in [7, 11) is 0. The Morgan fingerprint density at radius 2 is 1.95 bits per heavy atom. The van der Waals surface area contributed by atoms with Crippen LogP contribution in [0.4, 0.5) is 5.69 Å². The van der Waals surface area contributed by atoms with E-state index in [1.54, 1.807) is 17.2 Å². The topological polar surface area (TPSA) is 59.5 Å². The van der Waals surface area contributed by atoms with E-state index < -0.39 is 0 Å². The van der Waals surface area contributed by atoms with Crippen LogP contribution in [0.3, 0.4) is 0 Å². The molecule has 112 valence electrons. The minimum Gasteiger partial charge on any atom is -0.469 e. The third kappa shape index (κ3) is 3.52. The van der Waals surface area contributed by atoms with Crippen molar-refractivity contribution in [3.8, 4) is 0 Å². The van der Waals surface area contributed by atoms with E-state index in [0.29, 0.717) is 25.1 Å². The van der Waals surface area contributed by atoms with Crippen LogP contribution in [-0.4, -0.2) is 19.0 Å². The molecule has 0 atom stereocenters. The molecule has 0 aliphatic rings. The largest absolute Gasteiger partial charge is 0.469 e. The van der Waals surface area contributed by atoms with Gasteiger partial charge in [-0.1, -0.05) is 24.6 Å². The van der Waals surface area contributed by atoms with Crippen LogP contribution in [0, 0.1) is 6.92 Å². The van der Waals surface area contributed by atoms with E-state index in [9.17, 15) is 4.79 Å². The van der Waals surface area contributed by atoms with E-state index in [4.69, 9.17) is 10.2 Å². The number of hydrogen-bond acceptors (Lipinski definition) is 3. The summed E-state index contributed by atoms with van der Waals surface area (Å²) < 4.78 is 5.37. The molecule has 4 nitrogen and oxygen atoms in total. The molecule has 0 bridgehead atoms. The van der Waals surface area contributed by atoms with Gasteiger partial charge < -0.3 is 15.1 Å². The first kappa shape index (κ1) is 15.3. The maximum atomic E-state index is 12.8. The predicted octanol–water partition coefficient (Wildman–Crippen LogP) is 3.15. The van der Waals surface area contributed by atoms with Gasteiger partial charge >= 0.3 is 0 Å². The highest BCUT2D eigenvalue weighted by Gasteiger charge is 2.21. The molecule has 2 aromatic rings. The second-order valence-corrected chi connectivity index (χ2v) is 5.05. The zero-order valence-electron chi connectivity index (χ0n) is 12.6. The molecule has 0 radical (unpaired) electrons. The summed E-state index contributed by atoms with van der Waals surface area (Å²) in [5, 5.41) is 0. The van der Waals surface area contributed by atoms with Gasteiger partial charge in [0.05, 0.1) is 11.8 Å². The number of amides is 1. The van der Waals surface area contributed by atoms with Gasteiger partial charge in [0.2, 0.25) is 0 Å². The first-order valence-corrected chi connectivity index (χ1v) is 7.32. The molecule has 21 heavy (non-hydrogen) atoms. The molecule has 4 heteroatoms. The fraction of sp³-hybridized carbons (Fsp3) is 0.353. The van der Waals surface area contributed by atoms with Gasteiger partial charge in [0, 0.05) is 18.7 Å². The van der Waals surface area contributed by atoms with E-state index in [2.05, 4.69) is 0 Å². The summed E-state index contributed by atoms with van der Waals surface area (Å²) >= 11 is 0. The monoisotopic (exact) mass is 286 g/mol. The molecule has 1 aromatic carbocycles. The van der Waals surface area contributed by atoms with Crippen LogP contribution in [-0.2, 0) is 6.42 Å². The van der Waals surface area contributed by atoms with E-state index in [-0.39, 0.29) is 5.91 Å². The van der Waals surface area contributed by atoms with Crippen molar-refractivity contribution in [2.75, 3.05) is 18.0 Å². The van der Waals surface area contributed by atoms with E-state index in [1.807, 2.05) is 38.1 Å². The lowest BCUT2D eigenvalue weighted by Gasteiger charge is -2.22. The lowest BCUT2D eigenvalue weighted by molar-refractivity contribution is 0.0985. The summed E-state index contributed by atoms with van der Waals surface area (Å²) in [4.78, 5) is 14.6. The number of hydrogen-bond donors (Lipinski definition) is 1. The quantitative estimate of drug-likeness (QED) is 0.887. The molecule has 1 heterocycles. The number of anilines is 1. The van der Waals surface area contributed by atoms with Crippen molar-refractivity contribution >= 4 is 11.6 Å². The Balaban J connectivity index is 2.31. The van der Waals surface area contributed by atoms with Crippen LogP contribution in [0.5, 0.6) is 0 Å². The van der Waals surface area contributed by atoms with Crippen molar-refractivity contribution in [3.63, 3.8) is 0 Å². The van der Waals surface area contributed by atoms with Crippen molar-refractivity contribution in [3.05, 3.63) is 53.5 Å². The van der Waals surface area contributed by atoms with Crippen LogP contribution in [0.15, 0.2) is 41.0 Å². The van der Waals surface area contributed by atoms with Gasteiger partial charge in [-0.15, -0.1) is 0 Å². The number of nitrogens with two attached hydrogens (primary N) is 1. The maximum Gasteiger partial charge on any atom is 0.261 e. The third-order valence-corrected chi connectivity index (χ3v) is 3.47. The number of aryl methyl sites for hydroxylation is 2. The Kier molecular flexibility index (Phi) is 5.17. The maximum absolute atomic E-state index is 12.8. The molecular weight excluding hydrogens is 264 g/mol. The van der Waals surface area contributed by atoms with E-state index >= 15 is 0 Å². The Morgan fingerprint density at radius 3 is 2.57 bits per heavy atom. The summed E-state index contributed by atoms with van der Waals surface area (Å²) in [5.41, 5.74) is 8.29. The molecule has 2 rings (SSSR count). The molecule has 2 N–H and O–H groups in total. The molecule has 0 fully saturated rings. The van der Waals surface area contributed by atoms with Crippen molar-refractivity contribution in [2.24, 2.45) is 5.73 Å². The number of carbonyl (C=O) groups excluding carboxylic acids is 1. The van der Waals surface area contributed by atoms with Crippen LogP contribution >= 0.6 is 0 Å². The molecule has 0 unspecified atom stereocenters. The summed E-state index contributed by atoms with van der Waals surface area (Å²) in [6, 6.07) is 9.69. The highest BCUT2D eigenvalue weighted by Crippen LogP contribution is 2.21. The zero-order chi connectivity index (χ0) is 15.2. The zero-order valence-corrected chi connectivity index (χ0v) is 12.6. The Hall–Kier alpha value is -2.07.